The number of ether oxygens (including phenoxy) is 1. The molecule has 2 heterocycles. The van der Waals surface area contributed by atoms with E-state index in [2.05, 4.69) is 51.2 Å². The lowest BCUT2D eigenvalue weighted by Crippen LogP contribution is -2.16. The number of anilines is 1. The molecule has 0 bridgehead atoms. The van der Waals surface area contributed by atoms with Gasteiger partial charge in [0.2, 0.25) is 5.91 Å². The second-order valence-corrected chi connectivity index (χ2v) is 8.67. The summed E-state index contributed by atoms with van der Waals surface area (Å²) in [4.78, 5) is 17.0. The molecule has 0 unspecified atom stereocenters. The van der Waals surface area contributed by atoms with Crippen molar-refractivity contribution in [1.29, 1.82) is 0 Å². The zero-order valence-corrected chi connectivity index (χ0v) is 20.6. The Bertz CT molecular complexity index is 1310. The van der Waals surface area contributed by atoms with E-state index in [-0.39, 0.29) is 23.1 Å². The van der Waals surface area contributed by atoms with E-state index in [0.29, 0.717) is 11.0 Å². The topological polar surface area (TPSA) is 81.9 Å². The quantitative estimate of drug-likeness (QED) is 0.273. The summed E-state index contributed by atoms with van der Waals surface area (Å²) in [6, 6.07) is 16.0. The first-order valence-corrected chi connectivity index (χ1v) is 12.4. The van der Waals surface area contributed by atoms with Gasteiger partial charge in [0.25, 0.3) is 0 Å². The van der Waals surface area contributed by atoms with Crippen molar-refractivity contribution in [3.63, 3.8) is 0 Å². The van der Waals surface area contributed by atoms with Crippen LogP contribution in [0.3, 0.4) is 0 Å². The first-order chi connectivity index (χ1) is 17.5. The van der Waals surface area contributed by atoms with Gasteiger partial charge in [-0.15, -0.1) is 10.2 Å². The smallest absolute Gasteiger partial charge is 0.387 e. The number of hydrogen-bond acceptors (Lipinski definition) is 6. The SMILES string of the molecule is CCc1cccc(CC)c1-n1c(SCC(=O)Nc2ccccc2OC(F)F)nnc1-c1cccnc1. The van der Waals surface area contributed by atoms with Crippen molar-refractivity contribution in [3.05, 3.63) is 78.1 Å². The van der Waals surface area contributed by atoms with Crippen LogP contribution in [0, 0.1) is 0 Å². The Morgan fingerprint density at radius 1 is 1.03 bits per heavy atom. The Labute approximate surface area is 211 Å². The average Bonchev–Trinajstić information content (AvgIpc) is 3.31. The maximum atomic E-state index is 12.8. The van der Waals surface area contributed by atoms with Crippen LogP contribution in [-0.2, 0) is 17.6 Å². The van der Waals surface area contributed by atoms with Gasteiger partial charge in [-0.25, -0.2) is 0 Å². The number of aryl methyl sites for hydroxylation is 2. The number of nitrogens with one attached hydrogen (secondary N) is 1. The van der Waals surface area contributed by atoms with E-state index >= 15 is 0 Å². The summed E-state index contributed by atoms with van der Waals surface area (Å²) < 4.78 is 31.9. The van der Waals surface area contributed by atoms with Crippen molar-refractivity contribution >= 4 is 23.4 Å². The molecule has 0 saturated heterocycles. The van der Waals surface area contributed by atoms with Crippen LogP contribution < -0.4 is 10.1 Å². The van der Waals surface area contributed by atoms with Gasteiger partial charge in [-0.2, -0.15) is 8.78 Å². The zero-order chi connectivity index (χ0) is 25.5. The van der Waals surface area contributed by atoms with Gasteiger partial charge in [-0.3, -0.25) is 14.3 Å². The number of pyridine rings is 1. The van der Waals surface area contributed by atoms with E-state index in [1.165, 1.54) is 23.9 Å². The number of para-hydroxylation sites is 3. The molecule has 0 atom stereocenters. The molecule has 0 fully saturated rings. The largest absolute Gasteiger partial charge is 0.433 e. The van der Waals surface area contributed by atoms with E-state index in [4.69, 9.17) is 0 Å². The molecule has 10 heteroatoms. The number of alkyl halides is 2. The molecular formula is C26H25F2N5O2S. The van der Waals surface area contributed by atoms with Crippen LogP contribution >= 0.6 is 11.8 Å². The van der Waals surface area contributed by atoms with Crippen molar-refractivity contribution < 1.29 is 18.3 Å². The van der Waals surface area contributed by atoms with Crippen LogP contribution in [0.4, 0.5) is 14.5 Å². The first kappa shape index (κ1) is 25.3. The van der Waals surface area contributed by atoms with Gasteiger partial charge in [0.05, 0.1) is 17.1 Å². The summed E-state index contributed by atoms with van der Waals surface area (Å²) in [6.07, 6.45) is 5.03. The first-order valence-electron chi connectivity index (χ1n) is 11.4. The summed E-state index contributed by atoms with van der Waals surface area (Å²) in [7, 11) is 0. The Balaban J connectivity index is 1.66. The summed E-state index contributed by atoms with van der Waals surface area (Å²) in [5.41, 5.74) is 4.22. The predicted molar refractivity (Wildman–Crippen MR) is 136 cm³/mol. The van der Waals surface area contributed by atoms with Crippen molar-refractivity contribution in [2.75, 3.05) is 11.1 Å². The van der Waals surface area contributed by atoms with E-state index in [0.717, 1.165) is 35.2 Å². The minimum Gasteiger partial charge on any atom is -0.433 e. The Morgan fingerprint density at radius 2 is 1.78 bits per heavy atom. The number of halogens is 2. The minimum atomic E-state index is -2.99. The van der Waals surface area contributed by atoms with Gasteiger partial charge >= 0.3 is 6.61 Å². The Kier molecular flexibility index (Phi) is 8.27. The molecule has 4 aromatic rings. The standard InChI is InChI=1S/C26H25F2N5O2S/c1-3-17-9-7-10-18(4-2)23(17)33-24(19-11-8-14-29-15-19)31-32-26(33)36-16-22(34)30-20-12-5-6-13-21(20)35-25(27)28/h5-15,25H,3-4,16H2,1-2H3,(H,30,34). The Hall–Kier alpha value is -3.79. The fourth-order valence-electron chi connectivity index (χ4n) is 3.83. The fraction of sp³-hybridized carbons (Fsp3) is 0.231. The highest BCUT2D eigenvalue weighted by Gasteiger charge is 2.21. The number of hydrogen-bond donors (Lipinski definition) is 1. The maximum absolute atomic E-state index is 12.8. The van der Waals surface area contributed by atoms with E-state index < -0.39 is 6.61 Å². The second kappa shape index (κ2) is 11.8. The van der Waals surface area contributed by atoms with Crippen LogP contribution in [0.25, 0.3) is 17.1 Å². The molecule has 4 rings (SSSR count). The molecule has 0 aliphatic rings. The van der Waals surface area contributed by atoms with Gasteiger partial charge in [0.15, 0.2) is 11.0 Å². The fourth-order valence-corrected chi connectivity index (χ4v) is 4.57. The zero-order valence-electron chi connectivity index (χ0n) is 19.8. The molecule has 1 N–H and O–H groups in total. The molecule has 0 radical (unpaired) electrons. The highest BCUT2D eigenvalue weighted by molar-refractivity contribution is 7.99. The molecule has 36 heavy (non-hydrogen) atoms. The normalized spacial score (nSPS) is 11.0. The van der Waals surface area contributed by atoms with Crippen molar-refractivity contribution in [2.45, 2.75) is 38.5 Å². The molecule has 2 aromatic carbocycles. The van der Waals surface area contributed by atoms with Crippen molar-refractivity contribution in [2.24, 2.45) is 0 Å². The number of benzene rings is 2. The van der Waals surface area contributed by atoms with E-state index in [1.54, 1.807) is 24.5 Å². The van der Waals surface area contributed by atoms with E-state index in [9.17, 15) is 13.6 Å². The molecule has 2 aromatic heterocycles. The Morgan fingerprint density at radius 3 is 2.44 bits per heavy atom. The monoisotopic (exact) mass is 509 g/mol. The lowest BCUT2D eigenvalue weighted by Gasteiger charge is -2.18. The molecule has 7 nitrogen and oxygen atoms in total. The van der Waals surface area contributed by atoms with E-state index in [1.807, 2.05) is 22.8 Å². The third kappa shape index (κ3) is 5.71. The third-order valence-corrected chi connectivity index (χ3v) is 6.38. The lowest BCUT2D eigenvalue weighted by atomic mass is 10.0. The molecule has 0 saturated carbocycles. The second-order valence-electron chi connectivity index (χ2n) is 7.73. The van der Waals surface area contributed by atoms with Crippen LogP contribution in [-0.4, -0.2) is 38.0 Å². The van der Waals surface area contributed by atoms with Gasteiger partial charge in [-0.1, -0.05) is 55.9 Å². The number of aromatic nitrogens is 4. The molecular weight excluding hydrogens is 484 g/mol. The van der Waals surface area contributed by atoms with Crippen LogP contribution in [0.2, 0.25) is 0 Å². The number of thioether (sulfide) groups is 1. The number of rotatable bonds is 10. The van der Waals surface area contributed by atoms with Gasteiger partial charge in [0.1, 0.15) is 5.75 Å². The number of carbonyl (C=O) groups excluding carboxylic acids is 1. The summed E-state index contributed by atoms with van der Waals surface area (Å²) in [5, 5.41) is 12.0. The number of carbonyl (C=O) groups is 1. The lowest BCUT2D eigenvalue weighted by molar-refractivity contribution is -0.113. The van der Waals surface area contributed by atoms with Gasteiger partial charge in [0, 0.05) is 18.0 Å². The predicted octanol–water partition coefficient (Wildman–Crippen LogP) is 5.79. The molecule has 0 aliphatic carbocycles. The molecule has 1 amide bonds. The average molecular weight is 510 g/mol. The highest BCUT2D eigenvalue weighted by Crippen LogP contribution is 2.32. The number of amides is 1. The minimum absolute atomic E-state index is 0.00998. The summed E-state index contributed by atoms with van der Waals surface area (Å²) >= 11 is 1.21. The van der Waals surface area contributed by atoms with Crippen LogP contribution in [0.1, 0.15) is 25.0 Å². The van der Waals surface area contributed by atoms with Gasteiger partial charge < -0.3 is 10.1 Å². The molecule has 0 aliphatic heterocycles. The van der Waals surface area contributed by atoms with Gasteiger partial charge in [-0.05, 0) is 48.2 Å². The maximum Gasteiger partial charge on any atom is 0.387 e. The summed E-state index contributed by atoms with van der Waals surface area (Å²) in [6.45, 7) is 1.19. The molecule has 186 valence electrons. The highest BCUT2D eigenvalue weighted by atomic mass is 32.2. The molecule has 0 spiro atoms. The summed E-state index contributed by atoms with van der Waals surface area (Å²) in [5.74, 6) is 0.126. The number of nitrogens with zero attached hydrogens (tertiary/aromatic N) is 4. The van der Waals surface area contributed by atoms with Crippen LogP contribution in [0.15, 0.2) is 72.1 Å². The van der Waals surface area contributed by atoms with Crippen LogP contribution in [0.5, 0.6) is 5.75 Å². The third-order valence-electron chi connectivity index (χ3n) is 5.45. The van der Waals surface area contributed by atoms with Crippen molar-refractivity contribution in [3.8, 4) is 22.8 Å². The van der Waals surface area contributed by atoms with Crippen molar-refractivity contribution in [1.82, 2.24) is 19.7 Å².